The summed E-state index contributed by atoms with van der Waals surface area (Å²) in [7, 11) is -2.48. The molecule has 0 aliphatic heterocycles. The highest BCUT2D eigenvalue weighted by Crippen LogP contribution is 2.36. The molecular formula is C18H21FN2O4S. The van der Waals surface area contributed by atoms with Crippen LogP contribution in [0.3, 0.4) is 0 Å². The molecule has 0 saturated heterocycles. The third-order valence-electron chi connectivity index (χ3n) is 4.73. The molecule has 1 aliphatic rings. The van der Waals surface area contributed by atoms with Crippen molar-refractivity contribution in [2.75, 3.05) is 7.05 Å². The van der Waals surface area contributed by atoms with Crippen LogP contribution in [0.4, 0.5) is 4.39 Å². The van der Waals surface area contributed by atoms with Crippen molar-refractivity contribution >= 4 is 15.9 Å². The van der Waals surface area contributed by atoms with E-state index in [-0.39, 0.29) is 28.6 Å². The number of nitrogens with one attached hydrogen (secondary N) is 2. The molecule has 0 bridgehead atoms. The average molecular weight is 380 g/mol. The second kappa shape index (κ2) is 7.59. The van der Waals surface area contributed by atoms with Gasteiger partial charge < -0.3 is 9.73 Å². The highest BCUT2D eigenvalue weighted by molar-refractivity contribution is 7.89. The molecule has 2 N–H and O–H groups in total. The van der Waals surface area contributed by atoms with Gasteiger partial charge in [-0.1, -0.05) is 25.0 Å². The highest BCUT2D eigenvalue weighted by atomic mass is 32.2. The summed E-state index contributed by atoms with van der Waals surface area (Å²) in [6, 6.07) is 8.36. The molecule has 0 radical (unpaired) electrons. The van der Waals surface area contributed by atoms with Crippen molar-refractivity contribution in [2.45, 2.75) is 36.8 Å². The van der Waals surface area contributed by atoms with Crippen LogP contribution in [0.25, 0.3) is 0 Å². The second-order valence-electron chi connectivity index (χ2n) is 6.37. The van der Waals surface area contributed by atoms with Gasteiger partial charge in [-0.25, -0.2) is 17.5 Å². The molecule has 2 aromatic rings. The van der Waals surface area contributed by atoms with Crippen LogP contribution in [0.15, 0.2) is 45.9 Å². The molecule has 0 unspecified atom stereocenters. The van der Waals surface area contributed by atoms with E-state index in [0.717, 1.165) is 31.2 Å². The van der Waals surface area contributed by atoms with Gasteiger partial charge in [-0.05, 0) is 55.6 Å². The number of benzene rings is 1. The Morgan fingerprint density at radius 2 is 1.81 bits per heavy atom. The summed E-state index contributed by atoms with van der Waals surface area (Å²) in [6.45, 7) is 0. The van der Waals surface area contributed by atoms with Gasteiger partial charge >= 0.3 is 0 Å². The first-order chi connectivity index (χ1) is 12.4. The molecule has 1 heterocycles. The van der Waals surface area contributed by atoms with Gasteiger partial charge in [0.05, 0.1) is 6.04 Å². The molecule has 26 heavy (non-hydrogen) atoms. The molecule has 140 valence electrons. The van der Waals surface area contributed by atoms with E-state index >= 15 is 0 Å². The minimum Gasteiger partial charge on any atom is -0.438 e. The molecule has 1 amide bonds. The van der Waals surface area contributed by atoms with E-state index in [1.54, 1.807) is 12.1 Å². The number of hydrogen-bond acceptors (Lipinski definition) is 4. The van der Waals surface area contributed by atoms with Crippen molar-refractivity contribution in [3.05, 3.63) is 53.5 Å². The predicted molar refractivity (Wildman–Crippen MR) is 93.5 cm³/mol. The van der Waals surface area contributed by atoms with Crippen LogP contribution >= 0.6 is 0 Å². The van der Waals surface area contributed by atoms with Crippen molar-refractivity contribution in [1.29, 1.82) is 0 Å². The molecule has 1 saturated carbocycles. The molecule has 1 atom stereocenters. The van der Waals surface area contributed by atoms with Crippen LogP contribution in [-0.2, 0) is 10.0 Å². The third-order valence-corrected chi connectivity index (χ3v) is 6.01. The first-order valence-electron chi connectivity index (χ1n) is 8.50. The Morgan fingerprint density at radius 3 is 2.42 bits per heavy atom. The zero-order valence-corrected chi connectivity index (χ0v) is 15.2. The largest absolute Gasteiger partial charge is 0.438 e. The molecule has 6 nitrogen and oxygen atoms in total. The smallest absolute Gasteiger partial charge is 0.287 e. The van der Waals surface area contributed by atoms with E-state index in [9.17, 15) is 17.6 Å². The van der Waals surface area contributed by atoms with E-state index in [4.69, 9.17) is 4.42 Å². The molecule has 8 heteroatoms. The summed E-state index contributed by atoms with van der Waals surface area (Å²) in [6.07, 6.45) is 4.12. The lowest BCUT2D eigenvalue weighted by Gasteiger charge is -2.25. The van der Waals surface area contributed by atoms with Gasteiger partial charge in [-0.2, -0.15) is 0 Å². The van der Waals surface area contributed by atoms with E-state index < -0.39 is 15.9 Å². The molecule has 1 aromatic heterocycles. The number of hydrogen-bond donors (Lipinski definition) is 2. The fraction of sp³-hybridized carbons (Fsp3) is 0.389. The fourth-order valence-corrected chi connectivity index (χ4v) is 3.98. The standard InChI is InChI=1S/C18H21FN2O4S/c1-20-26(23,24)16-11-10-15(25-16)18(22)21-17(12-4-2-3-5-12)13-6-8-14(19)9-7-13/h6-12,17,20H,2-5H2,1H3,(H,21,22)/t17-/m1/s1. The number of furan rings is 1. The summed E-state index contributed by atoms with van der Waals surface area (Å²) in [5.74, 6) is -0.661. The van der Waals surface area contributed by atoms with Crippen LogP contribution in [0, 0.1) is 11.7 Å². The monoisotopic (exact) mass is 380 g/mol. The van der Waals surface area contributed by atoms with Crippen LogP contribution in [0.5, 0.6) is 0 Å². The number of sulfonamides is 1. The van der Waals surface area contributed by atoms with Gasteiger partial charge in [0.1, 0.15) is 5.82 Å². The summed E-state index contributed by atoms with van der Waals surface area (Å²) >= 11 is 0. The molecule has 1 aromatic carbocycles. The normalized spacial score (nSPS) is 16.5. The van der Waals surface area contributed by atoms with Crippen molar-refractivity contribution in [3.8, 4) is 0 Å². The maximum Gasteiger partial charge on any atom is 0.287 e. The van der Waals surface area contributed by atoms with Crippen molar-refractivity contribution in [1.82, 2.24) is 10.0 Å². The molecule has 3 rings (SSSR count). The van der Waals surface area contributed by atoms with Crippen LogP contribution in [0.1, 0.15) is 47.8 Å². The Hall–Kier alpha value is -2.19. The van der Waals surface area contributed by atoms with E-state index in [2.05, 4.69) is 10.0 Å². The second-order valence-corrected chi connectivity index (χ2v) is 8.19. The van der Waals surface area contributed by atoms with Gasteiger partial charge in [-0.3, -0.25) is 4.79 Å². The van der Waals surface area contributed by atoms with Gasteiger partial charge in [0.15, 0.2) is 5.76 Å². The van der Waals surface area contributed by atoms with E-state index in [1.807, 2.05) is 0 Å². The van der Waals surface area contributed by atoms with Crippen LogP contribution in [-0.4, -0.2) is 21.4 Å². The van der Waals surface area contributed by atoms with Gasteiger partial charge in [0.2, 0.25) is 5.09 Å². The quantitative estimate of drug-likeness (QED) is 0.806. The van der Waals surface area contributed by atoms with Crippen LogP contribution in [0.2, 0.25) is 0 Å². The molecule has 1 fully saturated rings. The van der Waals surface area contributed by atoms with Crippen molar-refractivity contribution in [3.63, 3.8) is 0 Å². The summed E-state index contributed by atoms with van der Waals surface area (Å²) in [4.78, 5) is 12.6. The minimum atomic E-state index is -3.75. The average Bonchev–Trinajstić information content (AvgIpc) is 3.32. The Balaban J connectivity index is 1.82. The van der Waals surface area contributed by atoms with Gasteiger partial charge in [0.25, 0.3) is 15.9 Å². The lowest BCUT2D eigenvalue weighted by atomic mass is 9.91. The highest BCUT2D eigenvalue weighted by Gasteiger charge is 2.29. The van der Waals surface area contributed by atoms with Crippen LogP contribution < -0.4 is 10.0 Å². The lowest BCUT2D eigenvalue weighted by Crippen LogP contribution is -2.32. The van der Waals surface area contributed by atoms with E-state index in [1.165, 1.54) is 31.3 Å². The summed E-state index contributed by atoms with van der Waals surface area (Å²) in [5, 5.41) is 2.61. The lowest BCUT2D eigenvalue weighted by molar-refractivity contribution is 0.0888. The zero-order valence-electron chi connectivity index (χ0n) is 14.4. The Bertz CT molecular complexity index is 871. The van der Waals surface area contributed by atoms with E-state index in [0.29, 0.717) is 0 Å². The first kappa shape index (κ1) is 18.6. The maximum atomic E-state index is 13.2. The topological polar surface area (TPSA) is 88.4 Å². The maximum absolute atomic E-state index is 13.2. The molecular weight excluding hydrogens is 359 g/mol. The van der Waals surface area contributed by atoms with Gasteiger partial charge in [-0.15, -0.1) is 0 Å². The zero-order chi connectivity index (χ0) is 18.7. The number of halogens is 1. The Morgan fingerprint density at radius 1 is 1.15 bits per heavy atom. The summed E-state index contributed by atoms with van der Waals surface area (Å²) in [5.41, 5.74) is 0.821. The minimum absolute atomic E-state index is 0.0797. The predicted octanol–water partition coefficient (Wildman–Crippen LogP) is 2.99. The fourth-order valence-electron chi connectivity index (χ4n) is 3.33. The van der Waals surface area contributed by atoms with Crippen molar-refractivity contribution in [2.24, 2.45) is 5.92 Å². The molecule has 1 aliphatic carbocycles. The van der Waals surface area contributed by atoms with Gasteiger partial charge in [0, 0.05) is 0 Å². The molecule has 0 spiro atoms. The number of amides is 1. The number of carbonyl (C=O) groups is 1. The first-order valence-corrected chi connectivity index (χ1v) is 9.99. The number of rotatable bonds is 6. The number of carbonyl (C=O) groups excluding carboxylic acids is 1. The third kappa shape index (κ3) is 3.96. The Kier molecular flexibility index (Phi) is 5.43. The van der Waals surface area contributed by atoms with Crippen molar-refractivity contribution < 1.29 is 22.0 Å². The summed E-state index contributed by atoms with van der Waals surface area (Å²) < 4.78 is 44.1. The SMILES string of the molecule is CNS(=O)(=O)c1ccc(C(=O)N[C@@H](c2ccc(F)cc2)C2CCCC2)o1. The Labute approximate surface area is 151 Å².